The summed E-state index contributed by atoms with van der Waals surface area (Å²) in [5.74, 6) is -3.20. The van der Waals surface area contributed by atoms with Gasteiger partial charge >= 0.3 is 5.97 Å². The molecule has 0 saturated carbocycles. The largest absolute Gasteiger partial charge is 0.503 e. The topological polar surface area (TPSA) is 107 Å². The number of aliphatic hydroxyl groups excluding tert-OH is 2. The van der Waals surface area contributed by atoms with E-state index in [2.05, 4.69) is 0 Å². The fourth-order valence-corrected chi connectivity index (χ4v) is 0.481. The van der Waals surface area contributed by atoms with Crippen LogP contribution in [0.1, 0.15) is 13.8 Å². The molecule has 13 heavy (non-hydrogen) atoms. The van der Waals surface area contributed by atoms with E-state index in [4.69, 9.17) is 15.3 Å². The summed E-state index contributed by atoms with van der Waals surface area (Å²) in [5.41, 5.74) is 0.329. The van der Waals surface area contributed by atoms with Crippen LogP contribution >= 0.6 is 0 Å². The van der Waals surface area contributed by atoms with Crippen molar-refractivity contribution in [2.75, 3.05) is 0 Å². The standard InChI is InChI=1S/C7H11NO5/c1-3(2)4(9)5(10)8-6(11)7(12)13/h6,9,11H,1-2H3,(H,8,10)(H,12,13). The molecule has 0 aliphatic carbocycles. The maximum atomic E-state index is 10.9. The second-order valence-corrected chi connectivity index (χ2v) is 2.56. The number of carboxylic acid groups (broad SMARTS) is 1. The number of rotatable bonds is 3. The van der Waals surface area contributed by atoms with Crippen LogP contribution in [0, 0.1) is 0 Å². The highest BCUT2D eigenvalue weighted by atomic mass is 16.4. The molecule has 0 aromatic carbocycles. The lowest BCUT2D eigenvalue weighted by Gasteiger charge is -2.07. The molecule has 6 nitrogen and oxygen atoms in total. The van der Waals surface area contributed by atoms with Crippen molar-refractivity contribution in [2.24, 2.45) is 0 Å². The molecular weight excluding hydrogens is 178 g/mol. The Morgan fingerprint density at radius 2 is 1.69 bits per heavy atom. The molecule has 0 fully saturated rings. The summed E-state index contributed by atoms with van der Waals surface area (Å²) in [6.45, 7) is 2.95. The van der Waals surface area contributed by atoms with Gasteiger partial charge < -0.3 is 20.6 Å². The van der Waals surface area contributed by atoms with Gasteiger partial charge in [0.2, 0.25) is 6.23 Å². The van der Waals surface area contributed by atoms with Gasteiger partial charge in [-0.2, -0.15) is 0 Å². The van der Waals surface area contributed by atoms with Gasteiger partial charge in [0.1, 0.15) is 0 Å². The van der Waals surface area contributed by atoms with Crippen molar-refractivity contribution >= 4 is 11.9 Å². The predicted molar refractivity (Wildman–Crippen MR) is 42.8 cm³/mol. The molecule has 0 aliphatic rings. The molecule has 0 aromatic heterocycles. The van der Waals surface area contributed by atoms with Gasteiger partial charge in [0, 0.05) is 0 Å². The van der Waals surface area contributed by atoms with E-state index < -0.39 is 23.9 Å². The lowest BCUT2D eigenvalue weighted by atomic mass is 10.3. The summed E-state index contributed by atoms with van der Waals surface area (Å²) in [6, 6.07) is 0. The molecule has 0 rings (SSSR count). The number of nitrogens with one attached hydrogen (secondary N) is 1. The molecule has 0 radical (unpaired) electrons. The molecule has 1 amide bonds. The molecule has 0 bridgehead atoms. The molecule has 0 heterocycles. The highest BCUT2D eigenvalue weighted by molar-refractivity contribution is 5.93. The number of hydrogen-bond donors (Lipinski definition) is 4. The fraction of sp³-hybridized carbons (Fsp3) is 0.429. The van der Waals surface area contributed by atoms with Crippen LogP contribution < -0.4 is 5.32 Å². The van der Waals surface area contributed by atoms with Crippen molar-refractivity contribution in [1.29, 1.82) is 0 Å². The van der Waals surface area contributed by atoms with Crippen LogP contribution in [0.3, 0.4) is 0 Å². The number of aliphatic carboxylic acids is 1. The minimum Gasteiger partial charge on any atom is -0.503 e. The van der Waals surface area contributed by atoms with E-state index in [1.807, 2.05) is 0 Å². The van der Waals surface area contributed by atoms with Crippen molar-refractivity contribution in [3.05, 3.63) is 11.3 Å². The first-order valence-electron chi connectivity index (χ1n) is 3.44. The maximum Gasteiger partial charge on any atom is 0.353 e. The molecule has 1 atom stereocenters. The summed E-state index contributed by atoms with van der Waals surface area (Å²) in [6.07, 6.45) is -2.01. The number of hydrogen-bond acceptors (Lipinski definition) is 4. The number of carboxylic acids is 1. The molecule has 4 N–H and O–H groups in total. The van der Waals surface area contributed by atoms with Crippen molar-refractivity contribution in [2.45, 2.75) is 20.1 Å². The van der Waals surface area contributed by atoms with E-state index in [-0.39, 0.29) is 0 Å². The van der Waals surface area contributed by atoms with Crippen LogP contribution in [-0.2, 0) is 9.59 Å². The van der Waals surface area contributed by atoms with Crippen LogP contribution in [0.25, 0.3) is 0 Å². The smallest absolute Gasteiger partial charge is 0.353 e. The van der Waals surface area contributed by atoms with E-state index in [1.54, 1.807) is 5.32 Å². The monoisotopic (exact) mass is 189 g/mol. The summed E-state index contributed by atoms with van der Waals surface area (Å²) in [7, 11) is 0. The summed E-state index contributed by atoms with van der Waals surface area (Å²) in [4.78, 5) is 20.9. The highest BCUT2D eigenvalue weighted by Crippen LogP contribution is 1.98. The SMILES string of the molecule is CC(C)=C(O)C(=O)NC(O)C(=O)O. The van der Waals surface area contributed by atoms with Crippen LogP contribution in [0.4, 0.5) is 0 Å². The van der Waals surface area contributed by atoms with Gasteiger partial charge in [0.15, 0.2) is 5.76 Å². The number of allylic oxidation sites excluding steroid dienone is 1. The first-order chi connectivity index (χ1) is 5.86. The molecular formula is C7H11NO5. The number of amides is 1. The van der Waals surface area contributed by atoms with Gasteiger partial charge in [-0.05, 0) is 19.4 Å². The van der Waals surface area contributed by atoms with E-state index in [1.165, 1.54) is 13.8 Å². The lowest BCUT2D eigenvalue weighted by Crippen LogP contribution is -2.41. The van der Waals surface area contributed by atoms with E-state index >= 15 is 0 Å². The van der Waals surface area contributed by atoms with E-state index in [0.717, 1.165) is 0 Å². The first-order valence-corrected chi connectivity index (χ1v) is 3.44. The van der Waals surface area contributed by atoms with Crippen LogP contribution in [-0.4, -0.2) is 33.4 Å². The van der Waals surface area contributed by atoms with Gasteiger partial charge in [-0.3, -0.25) is 4.79 Å². The minimum atomic E-state index is -2.01. The van der Waals surface area contributed by atoms with Gasteiger partial charge in [0.25, 0.3) is 5.91 Å². The Balaban J connectivity index is 4.33. The second-order valence-electron chi connectivity index (χ2n) is 2.56. The van der Waals surface area contributed by atoms with Crippen molar-refractivity contribution in [1.82, 2.24) is 5.32 Å². The molecule has 0 aliphatic heterocycles. The summed E-state index contributed by atoms with van der Waals surface area (Å²) in [5, 5.41) is 27.5. The Labute approximate surface area is 74.5 Å². The van der Waals surface area contributed by atoms with E-state index in [0.29, 0.717) is 5.57 Å². The van der Waals surface area contributed by atoms with Gasteiger partial charge in [0.05, 0.1) is 0 Å². The Hall–Kier alpha value is -1.56. The third kappa shape index (κ3) is 3.57. The molecule has 0 spiro atoms. The zero-order valence-corrected chi connectivity index (χ0v) is 7.24. The third-order valence-electron chi connectivity index (χ3n) is 1.19. The summed E-state index contributed by atoms with van der Waals surface area (Å²) >= 11 is 0. The van der Waals surface area contributed by atoms with Crippen molar-refractivity contribution in [3.63, 3.8) is 0 Å². The Morgan fingerprint density at radius 3 is 2.00 bits per heavy atom. The van der Waals surface area contributed by atoms with Gasteiger partial charge in [-0.25, -0.2) is 4.79 Å². The number of carbonyl (C=O) groups excluding carboxylic acids is 1. The zero-order valence-electron chi connectivity index (χ0n) is 7.24. The molecule has 6 heteroatoms. The lowest BCUT2D eigenvalue weighted by molar-refractivity contribution is -0.151. The zero-order chi connectivity index (χ0) is 10.6. The Morgan fingerprint density at radius 1 is 1.23 bits per heavy atom. The van der Waals surface area contributed by atoms with Crippen LogP contribution in [0.15, 0.2) is 11.3 Å². The molecule has 74 valence electrons. The minimum absolute atomic E-state index is 0.329. The average molecular weight is 189 g/mol. The second kappa shape index (κ2) is 4.46. The molecule has 1 unspecified atom stereocenters. The maximum absolute atomic E-state index is 10.9. The van der Waals surface area contributed by atoms with Crippen molar-refractivity contribution in [3.8, 4) is 0 Å². The molecule has 0 aromatic rings. The van der Waals surface area contributed by atoms with Crippen LogP contribution in [0.2, 0.25) is 0 Å². The Kier molecular flexibility index (Phi) is 3.93. The first kappa shape index (κ1) is 11.4. The number of carbonyl (C=O) groups is 2. The van der Waals surface area contributed by atoms with Gasteiger partial charge in [-0.15, -0.1) is 0 Å². The quantitative estimate of drug-likeness (QED) is 0.268. The highest BCUT2D eigenvalue weighted by Gasteiger charge is 2.18. The predicted octanol–water partition coefficient (Wildman–Crippen LogP) is -0.643. The van der Waals surface area contributed by atoms with Crippen molar-refractivity contribution < 1.29 is 24.9 Å². The van der Waals surface area contributed by atoms with Crippen LogP contribution in [0.5, 0.6) is 0 Å². The summed E-state index contributed by atoms with van der Waals surface area (Å²) < 4.78 is 0. The number of aliphatic hydroxyl groups is 2. The average Bonchev–Trinajstić information content (AvgIpc) is 2.02. The normalized spacial score (nSPS) is 11.6. The fourth-order valence-electron chi connectivity index (χ4n) is 0.481. The third-order valence-corrected chi connectivity index (χ3v) is 1.19. The Bertz CT molecular complexity index is 254. The van der Waals surface area contributed by atoms with E-state index in [9.17, 15) is 9.59 Å². The molecule has 0 saturated heterocycles. The van der Waals surface area contributed by atoms with Gasteiger partial charge in [-0.1, -0.05) is 0 Å².